The molecule has 7 heteroatoms. The quantitative estimate of drug-likeness (QED) is 0.632. The van der Waals surface area contributed by atoms with E-state index in [0.717, 1.165) is 0 Å². The van der Waals surface area contributed by atoms with E-state index in [0.29, 0.717) is 26.0 Å². The van der Waals surface area contributed by atoms with Crippen LogP contribution in [-0.4, -0.2) is 46.4 Å². The number of carboxylic acid groups (broad SMARTS) is 2. The lowest BCUT2D eigenvalue weighted by Gasteiger charge is -2.25. The van der Waals surface area contributed by atoms with Gasteiger partial charge in [0.05, 0.1) is 19.1 Å². The van der Waals surface area contributed by atoms with Gasteiger partial charge in [-0.25, -0.2) is 4.89 Å². The molecule has 1 aliphatic rings. The summed E-state index contributed by atoms with van der Waals surface area (Å²) in [6.45, 7) is 2.66. The van der Waals surface area contributed by atoms with Crippen LogP contribution < -0.4 is 0 Å². The fraction of sp³-hybridized carbons (Fsp3) is 0.800. The Balaban J connectivity index is 2.46. The number of hydroxylamine groups is 2. The Hall–Kier alpha value is -1.18. The molecule has 7 nitrogen and oxygen atoms in total. The van der Waals surface area contributed by atoms with Gasteiger partial charge in [0.1, 0.15) is 0 Å². The van der Waals surface area contributed by atoms with E-state index in [-0.39, 0.29) is 12.5 Å². The third-order valence-electron chi connectivity index (χ3n) is 2.80. The van der Waals surface area contributed by atoms with E-state index in [2.05, 4.69) is 4.89 Å². The fourth-order valence-corrected chi connectivity index (χ4v) is 1.79. The van der Waals surface area contributed by atoms with Crippen molar-refractivity contribution in [3.05, 3.63) is 0 Å². The SMILES string of the molecule is CC(C(CCCC(=O)O)C(=O)O)N1CCOO1. The highest BCUT2D eigenvalue weighted by atomic mass is 17.3. The average Bonchev–Trinajstić information content (AvgIpc) is 2.75. The standard InChI is InChI=1S/C10H17NO6/c1-7(11-5-6-16-17-11)8(10(14)15)3-2-4-9(12)13/h7-8H,2-6H2,1H3,(H,12,13)(H,14,15). The summed E-state index contributed by atoms with van der Waals surface area (Å²) >= 11 is 0. The maximum Gasteiger partial charge on any atom is 0.308 e. The molecule has 0 aliphatic carbocycles. The molecule has 2 atom stereocenters. The van der Waals surface area contributed by atoms with Gasteiger partial charge < -0.3 is 10.2 Å². The summed E-state index contributed by atoms with van der Waals surface area (Å²) in [5.41, 5.74) is 0. The van der Waals surface area contributed by atoms with Gasteiger partial charge in [-0.1, -0.05) is 0 Å². The van der Waals surface area contributed by atoms with Crippen molar-refractivity contribution >= 4 is 11.9 Å². The first-order valence-corrected chi connectivity index (χ1v) is 5.53. The van der Waals surface area contributed by atoms with Gasteiger partial charge in [-0.05, 0) is 19.8 Å². The Morgan fingerprint density at radius 1 is 1.41 bits per heavy atom. The lowest BCUT2D eigenvalue weighted by Crippen LogP contribution is -2.39. The van der Waals surface area contributed by atoms with E-state index in [4.69, 9.17) is 15.2 Å². The van der Waals surface area contributed by atoms with Crippen molar-refractivity contribution in [3.8, 4) is 0 Å². The molecular weight excluding hydrogens is 230 g/mol. The van der Waals surface area contributed by atoms with Crippen molar-refractivity contribution in [2.24, 2.45) is 5.92 Å². The third-order valence-corrected chi connectivity index (χ3v) is 2.80. The predicted octanol–water partition coefficient (Wildman–Crippen LogP) is 0.509. The van der Waals surface area contributed by atoms with Crippen LogP contribution in [0, 0.1) is 5.92 Å². The molecule has 98 valence electrons. The topological polar surface area (TPSA) is 96.3 Å². The minimum absolute atomic E-state index is 0.0200. The molecule has 1 fully saturated rings. The van der Waals surface area contributed by atoms with E-state index in [9.17, 15) is 9.59 Å². The fourth-order valence-electron chi connectivity index (χ4n) is 1.79. The summed E-state index contributed by atoms with van der Waals surface area (Å²) < 4.78 is 0. The molecule has 1 saturated heterocycles. The molecule has 2 N–H and O–H groups in total. The zero-order valence-electron chi connectivity index (χ0n) is 9.66. The van der Waals surface area contributed by atoms with Crippen LogP contribution in [0.4, 0.5) is 0 Å². The molecule has 0 bridgehead atoms. The van der Waals surface area contributed by atoms with E-state index >= 15 is 0 Å². The van der Waals surface area contributed by atoms with Crippen molar-refractivity contribution in [2.45, 2.75) is 32.2 Å². The van der Waals surface area contributed by atoms with Crippen LogP contribution >= 0.6 is 0 Å². The summed E-state index contributed by atoms with van der Waals surface area (Å²) in [7, 11) is 0. The molecule has 0 saturated carbocycles. The average molecular weight is 247 g/mol. The summed E-state index contributed by atoms with van der Waals surface area (Å²) in [6, 6.07) is -0.344. The number of hydrogen-bond acceptors (Lipinski definition) is 5. The Kier molecular flexibility index (Phi) is 5.33. The van der Waals surface area contributed by atoms with Crippen LogP contribution in [0.25, 0.3) is 0 Å². The van der Waals surface area contributed by atoms with Gasteiger partial charge in [0.15, 0.2) is 0 Å². The van der Waals surface area contributed by atoms with E-state index in [1.807, 2.05) is 0 Å². The first-order valence-electron chi connectivity index (χ1n) is 5.53. The second kappa shape index (κ2) is 6.53. The monoisotopic (exact) mass is 247 g/mol. The summed E-state index contributed by atoms with van der Waals surface area (Å²) in [4.78, 5) is 31.0. The smallest absolute Gasteiger partial charge is 0.308 e. The largest absolute Gasteiger partial charge is 0.481 e. The lowest BCUT2D eigenvalue weighted by molar-refractivity contribution is -0.382. The first kappa shape index (κ1) is 13.9. The molecule has 0 aromatic carbocycles. The minimum atomic E-state index is -0.946. The number of aliphatic carboxylic acids is 2. The molecule has 17 heavy (non-hydrogen) atoms. The minimum Gasteiger partial charge on any atom is -0.481 e. The van der Waals surface area contributed by atoms with Gasteiger partial charge in [0, 0.05) is 12.5 Å². The predicted molar refractivity (Wildman–Crippen MR) is 55.8 cm³/mol. The molecule has 0 aromatic heterocycles. The Morgan fingerprint density at radius 2 is 2.12 bits per heavy atom. The molecule has 0 spiro atoms. The van der Waals surface area contributed by atoms with Crippen molar-refractivity contribution in [3.63, 3.8) is 0 Å². The highest BCUT2D eigenvalue weighted by molar-refractivity contribution is 5.71. The van der Waals surface area contributed by atoms with E-state index in [1.165, 1.54) is 5.06 Å². The molecule has 1 heterocycles. The van der Waals surface area contributed by atoms with Crippen molar-refractivity contribution in [1.29, 1.82) is 0 Å². The molecule has 0 radical (unpaired) electrons. The number of rotatable bonds is 7. The normalized spacial score (nSPS) is 20.1. The molecule has 0 amide bonds. The van der Waals surface area contributed by atoms with Gasteiger partial charge in [-0.15, -0.1) is 4.99 Å². The first-order chi connectivity index (χ1) is 8.02. The van der Waals surface area contributed by atoms with Gasteiger partial charge >= 0.3 is 11.9 Å². The van der Waals surface area contributed by atoms with Crippen molar-refractivity contribution < 1.29 is 29.7 Å². The highest BCUT2D eigenvalue weighted by Gasteiger charge is 2.32. The Bertz CT molecular complexity index is 276. The summed E-state index contributed by atoms with van der Waals surface area (Å²) in [5, 5.41) is 19.1. The van der Waals surface area contributed by atoms with E-state index < -0.39 is 17.9 Å². The highest BCUT2D eigenvalue weighted by Crippen LogP contribution is 2.20. The lowest BCUT2D eigenvalue weighted by atomic mass is 9.94. The number of hydrogen-bond donors (Lipinski definition) is 2. The van der Waals surface area contributed by atoms with E-state index in [1.54, 1.807) is 6.92 Å². The van der Waals surface area contributed by atoms with Crippen LogP contribution in [0.5, 0.6) is 0 Å². The van der Waals surface area contributed by atoms with Crippen LogP contribution in [0.2, 0.25) is 0 Å². The van der Waals surface area contributed by atoms with Crippen LogP contribution in [-0.2, 0) is 19.5 Å². The van der Waals surface area contributed by atoms with Gasteiger partial charge in [-0.2, -0.15) is 5.06 Å². The van der Waals surface area contributed by atoms with Crippen LogP contribution in [0.1, 0.15) is 26.2 Å². The number of carbonyl (C=O) groups is 2. The Morgan fingerprint density at radius 3 is 2.59 bits per heavy atom. The zero-order valence-corrected chi connectivity index (χ0v) is 9.66. The molecule has 2 unspecified atom stereocenters. The van der Waals surface area contributed by atoms with Crippen molar-refractivity contribution in [1.82, 2.24) is 5.06 Å². The second-order valence-electron chi connectivity index (χ2n) is 4.01. The molecular formula is C10H17NO6. The van der Waals surface area contributed by atoms with Gasteiger partial charge in [0.25, 0.3) is 0 Å². The Labute approximate surface area is 98.8 Å². The second-order valence-corrected chi connectivity index (χ2v) is 4.01. The van der Waals surface area contributed by atoms with Gasteiger partial charge in [0.2, 0.25) is 0 Å². The maximum absolute atomic E-state index is 11.1. The van der Waals surface area contributed by atoms with Crippen LogP contribution in [0.15, 0.2) is 0 Å². The molecule has 1 aliphatic heterocycles. The summed E-state index contributed by atoms with van der Waals surface area (Å²) in [6.07, 6.45) is 0.627. The number of carboxylic acids is 2. The molecule has 1 rings (SSSR count). The van der Waals surface area contributed by atoms with Crippen molar-refractivity contribution in [2.75, 3.05) is 13.2 Å². The number of nitrogens with zero attached hydrogens (tertiary/aromatic N) is 1. The maximum atomic E-state index is 11.1. The third kappa shape index (κ3) is 4.29. The zero-order chi connectivity index (χ0) is 12.8. The van der Waals surface area contributed by atoms with Gasteiger partial charge in [-0.3, -0.25) is 9.59 Å². The summed E-state index contributed by atoms with van der Waals surface area (Å²) in [5.74, 6) is -2.52. The van der Waals surface area contributed by atoms with Crippen LogP contribution in [0.3, 0.4) is 0 Å². The molecule has 0 aromatic rings.